The largest absolute Gasteiger partial charge is 0.338 e. The maximum Gasteiger partial charge on any atom is 0.269 e. The lowest BCUT2D eigenvalue weighted by Gasteiger charge is -2.39. The third-order valence-corrected chi connectivity index (χ3v) is 9.34. The third kappa shape index (κ3) is 5.50. The molecule has 3 aromatic rings. The molecule has 228 valence electrons. The summed E-state index contributed by atoms with van der Waals surface area (Å²) in [5, 5.41) is 15.1. The van der Waals surface area contributed by atoms with Crippen LogP contribution < -0.4 is 5.32 Å². The van der Waals surface area contributed by atoms with Crippen LogP contribution >= 0.6 is 0 Å². The van der Waals surface area contributed by atoms with Crippen LogP contribution in [0.3, 0.4) is 0 Å². The topological polar surface area (TPSA) is 113 Å². The minimum absolute atomic E-state index is 0.171. The van der Waals surface area contributed by atoms with Gasteiger partial charge in [0.05, 0.1) is 16.9 Å². The number of piperazine rings is 1. The number of aryl methyl sites for hydroxylation is 1. The molecule has 10 heteroatoms. The first kappa shape index (κ1) is 29.6. The Labute approximate surface area is 255 Å². The van der Waals surface area contributed by atoms with Gasteiger partial charge in [-0.2, -0.15) is 0 Å². The Morgan fingerprint density at radius 2 is 1.61 bits per heavy atom. The van der Waals surface area contributed by atoms with Gasteiger partial charge in [-0.3, -0.25) is 24.5 Å². The average Bonchev–Trinajstić information content (AvgIpc) is 3.36. The predicted molar refractivity (Wildman–Crippen MR) is 161 cm³/mol. The summed E-state index contributed by atoms with van der Waals surface area (Å²) in [6, 6.07) is 16.9. The zero-order chi connectivity index (χ0) is 31.0. The molecule has 1 saturated carbocycles. The second-order valence-electron chi connectivity index (χ2n) is 12.0. The number of nitro benzene ring substituents is 1. The fourth-order valence-electron chi connectivity index (χ4n) is 6.96. The summed E-state index contributed by atoms with van der Waals surface area (Å²) in [4.78, 5) is 58.5. The van der Waals surface area contributed by atoms with Crippen LogP contribution in [0.2, 0.25) is 0 Å². The second-order valence-corrected chi connectivity index (χ2v) is 12.0. The first-order valence-electron chi connectivity index (χ1n) is 15.2. The molecule has 6 rings (SSSR count). The number of nitrogens with zero attached hydrogens (tertiary/aromatic N) is 3. The minimum atomic E-state index is -1.06. The van der Waals surface area contributed by atoms with Crippen molar-refractivity contribution < 1.29 is 23.7 Å². The number of Topliss-reactive ketones (excluding diaryl/α,β-unsaturated/α-hetero) is 1. The molecule has 9 nitrogen and oxygen atoms in total. The Morgan fingerprint density at radius 3 is 2.25 bits per heavy atom. The highest BCUT2D eigenvalue weighted by atomic mass is 19.1. The van der Waals surface area contributed by atoms with Gasteiger partial charge in [0.25, 0.3) is 5.69 Å². The highest BCUT2D eigenvalue weighted by Gasteiger charge is 2.59. The van der Waals surface area contributed by atoms with Gasteiger partial charge in [-0.05, 0) is 49.1 Å². The molecule has 3 fully saturated rings. The van der Waals surface area contributed by atoms with Crippen LogP contribution in [-0.2, 0) is 9.59 Å². The lowest BCUT2D eigenvalue weighted by molar-refractivity contribution is -0.385. The van der Waals surface area contributed by atoms with Crippen LogP contribution in [0.5, 0.6) is 0 Å². The van der Waals surface area contributed by atoms with Crippen LogP contribution in [0.1, 0.15) is 58.3 Å². The molecule has 0 spiro atoms. The summed E-state index contributed by atoms with van der Waals surface area (Å²) in [7, 11) is 0. The number of ketones is 1. The van der Waals surface area contributed by atoms with E-state index in [1.165, 1.54) is 24.3 Å². The molecule has 3 aromatic carbocycles. The molecule has 0 aromatic heterocycles. The lowest BCUT2D eigenvalue weighted by atomic mass is 9.75. The van der Waals surface area contributed by atoms with E-state index in [0.29, 0.717) is 55.7 Å². The molecule has 0 bridgehead atoms. The molecule has 2 heterocycles. The molecule has 2 amide bonds. The van der Waals surface area contributed by atoms with Gasteiger partial charge in [-0.1, -0.05) is 54.4 Å². The first-order chi connectivity index (χ1) is 21.2. The quantitative estimate of drug-likeness (QED) is 0.237. The number of non-ortho nitro benzene ring substituents is 1. The van der Waals surface area contributed by atoms with Crippen LogP contribution in [-0.4, -0.2) is 64.5 Å². The molecular formula is C34H35FN4O5. The van der Waals surface area contributed by atoms with E-state index in [0.717, 1.165) is 12.0 Å². The molecule has 0 radical (unpaired) electrons. The molecule has 4 atom stereocenters. The molecule has 1 aliphatic carbocycles. The Balaban J connectivity index is 1.60. The Kier molecular flexibility index (Phi) is 8.27. The normalized spacial score (nSPS) is 23.7. The number of carbonyl (C=O) groups excluding carboxylic acids is 3. The number of amides is 2. The zero-order valence-electron chi connectivity index (χ0n) is 24.5. The van der Waals surface area contributed by atoms with Gasteiger partial charge in [0, 0.05) is 55.7 Å². The summed E-state index contributed by atoms with van der Waals surface area (Å²) < 4.78 is 14.2. The number of benzene rings is 3. The monoisotopic (exact) mass is 598 g/mol. The second kappa shape index (κ2) is 12.3. The number of halogens is 1. The van der Waals surface area contributed by atoms with E-state index in [1.807, 2.05) is 13.0 Å². The first-order valence-corrected chi connectivity index (χ1v) is 15.2. The number of hydrogen-bond acceptors (Lipinski definition) is 6. The summed E-state index contributed by atoms with van der Waals surface area (Å²) >= 11 is 0. The van der Waals surface area contributed by atoms with Crippen LogP contribution in [0, 0.1) is 34.7 Å². The smallest absolute Gasteiger partial charge is 0.269 e. The Bertz CT molecular complexity index is 1580. The van der Waals surface area contributed by atoms with Gasteiger partial charge in [0.1, 0.15) is 11.9 Å². The van der Waals surface area contributed by atoms with E-state index in [2.05, 4.69) is 5.32 Å². The van der Waals surface area contributed by atoms with Gasteiger partial charge < -0.3 is 15.1 Å². The van der Waals surface area contributed by atoms with Crippen LogP contribution in [0.25, 0.3) is 0 Å². The standard InChI is InChI=1S/C34H35FN4O5/c1-21-5-2-9-25(19-21)32(40)29-28(22-11-13-26(35)14-12-22)31(34(42)37-17-15-36-16-18-37)38(33(41)23-6-3-7-23)30(29)24-8-4-10-27(20-24)39(43)44/h2,4-5,8-14,19-20,23,28-31,36H,3,6-7,15-18H2,1H3. The van der Waals surface area contributed by atoms with E-state index in [9.17, 15) is 28.9 Å². The number of nitrogens with one attached hydrogen (secondary N) is 1. The Morgan fingerprint density at radius 1 is 0.909 bits per heavy atom. The highest BCUT2D eigenvalue weighted by molar-refractivity contribution is 6.02. The summed E-state index contributed by atoms with van der Waals surface area (Å²) in [5.41, 5.74) is 2.10. The van der Waals surface area contributed by atoms with Crippen molar-refractivity contribution in [2.24, 2.45) is 11.8 Å². The predicted octanol–water partition coefficient (Wildman–Crippen LogP) is 4.81. The average molecular weight is 599 g/mol. The van der Waals surface area contributed by atoms with Crippen LogP contribution in [0.15, 0.2) is 72.8 Å². The van der Waals surface area contributed by atoms with Gasteiger partial charge in [-0.25, -0.2) is 4.39 Å². The SMILES string of the molecule is Cc1cccc(C(=O)C2C(c3ccc(F)cc3)C(C(=O)N3CCNCC3)N(C(=O)C3CCC3)C2c2cccc([N+](=O)[O-])c2)c1. The number of rotatable bonds is 7. The zero-order valence-corrected chi connectivity index (χ0v) is 24.5. The van der Waals surface area contributed by atoms with Gasteiger partial charge in [-0.15, -0.1) is 0 Å². The van der Waals surface area contributed by atoms with Crippen molar-refractivity contribution in [2.75, 3.05) is 26.2 Å². The molecule has 4 unspecified atom stereocenters. The van der Waals surface area contributed by atoms with Gasteiger partial charge in [0.2, 0.25) is 11.8 Å². The van der Waals surface area contributed by atoms with Crippen molar-refractivity contribution in [3.8, 4) is 0 Å². The molecule has 2 saturated heterocycles. The molecular weight excluding hydrogens is 563 g/mol. The van der Waals surface area contributed by atoms with Crippen molar-refractivity contribution in [2.45, 2.75) is 44.2 Å². The lowest BCUT2D eigenvalue weighted by Crippen LogP contribution is -2.56. The molecule has 2 aliphatic heterocycles. The fourth-order valence-corrected chi connectivity index (χ4v) is 6.96. The van der Waals surface area contributed by atoms with Crippen molar-refractivity contribution in [1.29, 1.82) is 0 Å². The number of nitro groups is 1. The van der Waals surface area contributed by atoms with Crippen molar-refractivity contribution in [1.82, 2.24) is 15.1 Å². The van der Waals surface area contributed by atoms with Gasteiger partial charge >= 0.3 is 0 Å². The maximum absolute atomic E-state index is 14.7. The fraction of sp³-hybridized carbons (Fsp3) is 0.382. The molecule has 3 aliphatic rings. The third-order valence-electron chi connectivity index (χ3n) is 9.34. The van der Waals surface area contributed by atoms with E-state index in [1.54, 1.807) is 52.3 Å². The van der Waals surface area contributed by atoms with Crippen molar-refractivity contribution in [3.63, 3.8) is 0 Å². The van der Waals surface area contributed by atoms with Crippen molar-refractivity contribution >= 4 is 23.3 Å². The molecule has 44 heavy (non-hydrogen) atoms. The van der Waals surface area contributed by atoms with E-state index in [4.69, 9.17) is 0 Å². The summed E-state index contributed by atoms with van der Waals surface area (Å²) in [6.45, 7) is 3.94. The highest BCUT2D eigenvalue weighted by Crippen LogP contribution is 2.53. The van der Waals surface area contributed by atoms with E-state index >= 15 is 0 Å². The number of likely N-dealkylation sites (tertiary alicyclic amines) is 1. The molecule has 1 N–H and O–H groups in total. The van der Waals surface area contributed by atoms with Crippen molar-refractivity contribution in [3.05, 3.63) is 111 Å². The maximum atomic E-state index is 14.7. The Hall–Kier alpha value is -4.44. The summed E-state index contributed by atoms with van der Waals surface area (Å²) in [6.07, 6.45) is 2.22. The summed E-state index contributed by atoms with van der Waals surface area (Å²) in [5.74, 6) is -3.34. The van der Waals surface area contributed by atoms with Crippen LogP contribution in [0.4, 0.5) is 10.1 Å². The van der Waals surface area contributed by atoms with E-state index < -0.39 is 34.7 Å². The number of hydrogen-bond donors (Lipinski definition) is 1. The number of carbonyl (C=O) groups is 3. The van der Waals surface area contributed by atoms with E-state index in [-0.39, 0.29) is 29.2 Å². The minimum Gasteiger partial charge on any atom is -0.338 e. The van der Waals surface area contributed by atoms with Gasteiger partial charge in [0.15, 0.2) is 5.78 Å².